The number of imidazole rings is 1. The van der Waals surface area contributed by atoms with E-state index in [1.165, 1.54) is 11.3 Å². The van der Waals surface area contributed by atoms with Crippen LogP contribution in [0.15, 0.2) is 16.7 Å². The second kappa shape index (κ2) is 8.72. The maximum absolute atomic E-state index is 6.09. The molecule has 0 aromatic carbocycles. The van der Waals surface area contributed by atoms with Crippen LogP contribution in [0.25, 0.3) is 4.96 Å². The topological polar surface area (TPSA) is 66.2 Å². The van der Waals surface area contributed by atoms with Gasteiger partial charge in [0.05, 0.1) is 19.4 Å². The van der Waals surface area contributed by atoms with Crippen molar-refractivity contribution in [3.05, 3.63) is 22.4 Å². The Bertz CT molecular complexity index is 709. The van der Waals surface area contributed by atoms with Crippen molar-refractivity contribution in [3.63, 3.8) is 0 Å². The lowest BCUT2D eigenvalue weighted by Crippen LogP contribution is -2.39. The van der Waals surface area contributed by atoms with Crippen LogP contribution in [0.1, 0.15) is 12.1 Å². The number of hydrogen-bond donors (Lipinski definition) is 2. The summed E-state index contributed by atoms with van der Waals surface area (Å²) in [5.74, 6) is 0. The van der Waals surface area contributed by atoms with Crippen molar-refractivity contribution in [1.82, 2.24) is 25.0 Å². The van der Waals surface area contributed by atoms with Gasteiger partial charge in [0, 0.05) is 31.2 Å². The first-order chi connectivity index (χ1) is 11.7. The van der Waals surface area contributed by atoms with E-state index < -0.39 is 0 Å². The Hall–Kier alpha value is -1.26. The van der Waals surface area contributed by atoms with Gasteiger partial charge < -0.3 is 10.1 Å². The first kappa shape index (κ1) is 17.6. The minimum Gasteiger partial charge on any atom is -0.379 e. The molecule has 0 amide bonds. The summed E-state index contributed by atoms with van der Waals surface area (Å²) >= 11 is 12.8. The monoisotopic (exact) mass is 386 g/mol. The molecule has 0 spiro atoms. The molecule has 1 aliphatic heterocycles. The molecule has 7 nitrogen and oxygen atoms in total. The summed E-state index contributed by atoms with van der Waals surface area (Å²) in [6, 6.07) is 0. The van der Waals surface area contributed by atoms with Crippen molar-refractivity contribution in [2.24, 2.45) is 5.10 Å². The van der Waals surface area contributed by atoms with E-state index in [9.17, 15) is 0 Å². The summed E-state index contributed by atoms with van der Waals surface area (Å²) < 4.78 is 7.22. The Morgan fingerprint density at radius 2 is 2.33 bits per heavy atom. The highest BCUT2D eigenvalue weighted by atomic mass is 35.5. The molecule has 0 radical (unpaired) electrons. The molecule has 0 aliphatic carbocycles. The molecule has 3 heterocycles. The zero-order valence-electron chi connectivity index (χ0n) is 13.1. The standard InChI is InChI=1S/C14H19ClN6OS2/c15-12-11(21-6-9-24-14(21)18-12)10-17-19-13(23)16-2-1-3-20-4-7-22-8-5-20/h6,9-10H,1-5,7-8H2,(H2,16,19,23)/b17-10-. The van der Waals surface area contributed by atoms with Crippen molar-refractivity contribution >= 4 is 51.4 Å². The highest BCUT2D eigenvalue weighted by Gasteiger charge is 2.10. The largest absolute Gasteiger partial charge is 0.379 e. The van der Waals surface area contributed by atoms with Crippen LogP contribution >= 0.6 is 35.2 Å². The van der Waals surface area contributed by atoms with Gasteiger partial charge in [-0.25, -0.2) is 4.98 Å². The molecule has 24 heavy (non-hydrogen) atoms. The third kappa shape index (κ3) is 4.64. The van der Waals surface area contributed by atoms with Crippen LogP contribution in [-0.4, -0.2) is 65.0 Å². The highest BCUT2D eigenvalue weighted by Crippen LogP contribution is 2.19. The molecule has 0 atom stereocenters. The van der Waals surface area contributed by atoms with Crippen molar-refractivity contribution < 1.29 is 4.74 Å². The summed E-state index contributed by atoms with van der Waals surface area (Å²) in [5.41, 5.74) is 3.54. The molecule has 2 N–H and O–H groups in total. The van der Waals surface area contributed by atoms with Crippen molar-refractivity contribution in [3.8, 4) is 0 Å². The van der Waals surface area contributed by atoms with Crippen LogP contribution in [-0.2, 0) is 4.74 Å². The maximum Gasteiger partial charge on any atom is 0.195 e. The van der Waals surface area contributed by atoms with Gasteiger partial charge in [-0.1, -0.05) is 11.6 Å². The van der Waals surface area contributed by atoms with Gasteiger partial charge in [-0.3, -0.25) is 14.7 Å². The number of morpholine rings is 1. The molecule has 3 rings (SSSR count). The number of halogens is 1. The summed E-state index contributed by atoms with van der Waals surface area (Å²) in [7, 11) is 0. The molecular weight excluding hydrogens is 368 g/mol. The van der Waals surface area contributed by atoms with Crippen molar-refractivity contribution in [2.45, 2.75) is 6.42 Å². The first-order valence-corrected chi connectivity index (χ1v) is 9.38. The van der Waals surface area contributed by atoms with Gasteiger partial charge in [0.2, 0.25) is 0 Å². The molecule has 10 heteroatoms. The summed E-state index contributed by atoms with van der Waals surface area (Å²) in [6.07, 6.45) is 4.55. The normalized spacial score (nSPS) is 16.0. The van der Waals surface area contributed by atoms with E-state index in [1.807, 2.05) is 16.0 Å². The Morgan fingerprint density at radius 1 is 1.50 bits per heavy atom. The second-order valence-electron chi connectivity index (χ2n) is 5.28. The number of hydrogen-bond acceptors (Lipinski definition) is 6. The van der Waals surface area contributed by atoms with Crippen molar-refractivity contribution in [2.75, 3.05) is 39.4 Å². The Morgan fingerprint density at radius 3 is 3.17 bits per heavy atom. The molecule has 1 aliphatic rings. The molecule has 1 saturated heterocycles. The fourth-order valence-electron chi connectivity index (χ4n) is 2.41. The van der Waals surface area contributed by atoms with E-state index in [-0.39, 0.29) is 0 Å². The molecule has 1 fully saturated rings. The Labute approximate surface area is 154 Å². The quantitative estimate of drug-likeness (QED) is 0.340. The number of thiocarbonyl (C=S) groups is 1. The first-order valence-electron chi connectivity index (χ1n) is 7.72. The van der Waals surface area contributed by atoms with Gasteiger partial charge in [-0.15, -0.1) is 11.3 Å². The number of thiazole rings is 1. The van der Waals surface area contributed by atoms with Gasteiger partial charge in [-0.05, 0) is 25.2 Å². The summed E-state index contributed by atoms with van der Waals surface area (Å²) in [5, 5.41) is 10.1. The molecule has 0 bridgehead atoms. The van der Waals surface area contributed by atoms with Crippen LogP contribution in [0.4, 0.5) is 0 Å². The predicted molar refractivity (Wildman–Crippen MR) is 101 cm³/mol. The smallest absolute Gasteiger partial charge is 0.195 e. The number of rotatable bonds is 6. The third-order valence-electron chi connectivity index (χ3n) is 3.65. The van der Waals surface area contributed by atoms with Crippen LogP contribution in [0.3, 0.4) is 0 Å². The number of ether oxygens (including phenoxy) is 1. The second-order valence-corrected chi connectivity index (χ2v) is 6.92. The van der Waals surface area contributed by atoms with Crippen LogP contribution < -0.4 is 10.7 Å². The average Bonchev–Trinajstić information content (AvgIpc) is 3.15. The third-order valence-corrected chi connectivity index (χ3v) is 4.92. The van der Waals surface area contributed by atoms with Gasteiger partial charge in [-0.2, -0.15) is 5.10 Å². The number of fused-ring (bicyclic) bond motifs is 1. The SMILES string of the molecule is S=C(NCCCN1CCOCC1)N/N=C\c1c(Cl)nc2sccn12. The van der Waals surface area contributed by atoms with Crippen LogP contribution in [0.2, 0.25) is 5.15 Å². The van der Waals surface area contributed by atoms with E-state index in [2.05, 4.69) is 25.7 Å². The zero-order valence-corrected chi connectivity index (χ0v) is 15.5. The van der Waals surface area contributed by atoms with E-state index in [1.54, 1.807) is 6.21 Å². The van der Waals surface area contributed by atoms with E-state index in [0.717, 1.165) is 56.5 Å². The molecular formula is C14H19ClN6OS2. The number of nitrogens with zero attached hydrogens (tertiary/aromatic N) is 4. The van der Waals surface area contributed by atoms with E-state index >= 15 is 0 Å². The lowest BCUT2D eigenvalue weighted by Gasteiger charge is -2.26. The molecule has 2 aromatic rings. The van der Waals surface area contributed by atoms with E-state index in [4.69, 9.17) is 28.6 Å². The Balaban J connectivity index is 1.37. The predicted octanol–water partition coefficient (Wildman–Crippen LogP) is 1.57. The minimum absolute atomic E-state index is 0.428. The van der Waals surface area contributed by atoms with Gasteiger partial charge in [0.1, 0.15) is 5.69 Å². The summed E-state index contributed by atoms with van der Waals surface area (Å²) in [4.78, 5) is 7.48. The highest BCUT2D eigenvalue weighted by molar-refractivity contribution is 7.80. The Kier molecular flexibility index (Phi) is 6.38. The lowest BCUT2D eigenvalue weighted by molar-refractivity contribution is 0.0376. The average molecular weight is 387 g/mol. The van der Waals surface area contributed by atoms with E-state index in [0.29, 0.717) is 10.3 Å². The van der Waals surface area contributed by atoms with Gasteiger partial charge in [0.15, 0.2) is 15.2 Å². The molecule has 0 saturated carbocycles. The maximum atomic E-state index is 6.09. The molecule has 2 aromatic heterocycles. The lowest BCUT2D eigenvalue weighted by atomic mass is 10.3. The number of nitrogens with one attached hydrogen (secondary N) is 2. The van der Waals surface area contributed by atoms with Crippen LogP contribution in [0, 0.1) is 0 Å². The number of aromatic nitrogens is 2. The fraction of sp³-hybridized carbons (Fsp3) is 0.500. The fourth-order valence-corrected chi connectivity index (χ4v) is 3.56. The van der Waals surface area contributed by atoms with Crippen molar-refractivity contribution in [1.29, 1.82) is 0 Å². The molecule has 0 unspecified atom stereocenters. The summed E-state index contributed by atoms with van der Waals surface area (Å²) in [6.45, 7) is 5.53. The van der Waals surface area contributed by atoms with Gasteiger partial charge in [0.25, 0.3) is 0 Å². The molecule has 130 valence electrons. The zero-order chi connectivity index (χ0) is 16.8. The minimum atomic E-state index is 0.428. The number of hydrazone groups is 1. The van der Waals surface area contributed by atoms with Gasteiger partial charge >= 0.3 is 0 Å². The van der Waals surface area contributed by atoms with Crippen LogP contribution in [0.5, 0.6) is 0 Å².